The molecular formula is C14H18N2O2. The molecule has 0 unspecified atom stereocenters. The highest BCUT2D eigenvalue weighted by molar-refractivity contribution is 5.98. The van der Waals surface area contributed by atoms with Crippen LogP contribution in [0, 0.1) is 0 Å². The summed E-state index contributed by atoms with van der Waals surface area (Å²) in [5.41, 5.74) is 2.03. The maximum atomic E-state index is 12.2. The van der Waals surface area contributed by atoms with Gasteiger partial charge in [-0.3, -0.25) is 9.69 Å². The Labute approximate surface area is 107 Å². The van der Waals surface area contributed by atoms with Gasteiger partial charge in [0.1, 0.15) is 0 Å². The fourth-order valence-corrected chi connectivity index (χ4v) is 2.58. The molecule has 1 fully saturated rings. The highest BCUT2D eigenvalue weighted by Crippen LogP contribution is 2.21. The Morgan fingerprint density at radius 1 is 1.11 bits per heavy atom. The number of carbonyl (C=O) groups excluding carboxylic acids is 1. The Balaban J connectivity index is 1.57. The van der Waals surface area contributed by atoms with Crippen LogP contribution in [0.3, 0.4) is 0 Å². The van der Waals surface area contributed by atoms with Crippen LogP contribution >= 0.6 is 0 Å². The van der Waals surface area contributed by atoms with Crippen molar-refractivity contribution in [3.05, 3.63) is 35.4 Å². The number of nitrogens with zero attached hydrogens (tertiary/aromatic N) is 2. The van der Waals surface area contributed by atoms with Crippen LogP contribution in [0.15, 0.2) is 24.3 Å². The van der Waals surface area contributed by atoms with E-state index >= 15 is 0 Å². The predicted octanol–water partition coefficient (Wildman–Crippen LogP) is 0.975. The third kappa shape index (κ3) is 2.26. The first kappa shape index (κ1) is 11.7. The van der Waals surface area contributed by atoms with Crippen LogP contribution < -0.4 is 0 Å². The van der Waals surface area contributed by atoms with Gasteiger partial charge < -0.3 is 9.64 Å². The number of ether oxygens (including phenoxy) is 1. The molecule has 0 N–H and O–H groups in total. The number of benzene rings is 1. The van der Waals surface area contributed by atoms with Gasteiger partial charge in [-0.15, -0.1) is 0 Å². The number of morpholine rings is 1. The van der Waals surface area contributed by atoms with E-state index in [-0.39, 0.29) is 5.91 Å². The molecule has 2 aliphatic heterocycles. The quantitative estimate of drug-likeness (QED) is 0.797. The van der Waals surface area contributed by atoms with Crippen molar-refractivity contribution in [3.8, 4) is 0 Å². The highest BCUT2D eigenvalue weighted by atomic mass is 16.5. The summed E-state index contributed by atoms with van der Waals surface area (Å²) in [6.45, 7) is 6.11. The number of hydrogen-bond acceptors (Lipinski definition) is 3. The molecule has 1 aromatic rings. The summed E-state index contributed by atoms with van der Waals surface area (Å²) in [5, 5.41) is 0. The fourth-order valence-electron chi connectivity index (χ4n) is 2.58. The van der Waals surface area contributed by atoms with Gasteiger partial charge in [0.25, 0.3) is 5.91 Å². The average Bonchev–Trinajstić information content (AvgIpc) is 2.75. The van der Waals surface area contributed by atoms with Crippen LogP contribution in [0.4, 0.5) is 0 Å². The summed E-state index contributed by atoms with van der Waals surface area (Å²) in [6, 6.07) is 7.90. The van der Waals surface area contributed by atoms with Gasteiger partial charge in [0.15, 0.2) is 0 Å². The van der Waals surface area contributed by atoms with E-state index in [0.29, 0.717) is 0 Å². The zero-order valence-electron chi connectivity index (χ0n) is 10.5. The van der Waals surface area contributed by atoms with Gasteiger partial charge in [-0.2, -0.15) is 0 Å². The fraction of sp³-hybridized carbons (Fsp3) is 0.500. The zero-order valence-corrected chi connectivity index (χ0v) is 10.5. The molecule has 2 aliphatic rings. The molecule has 4 nitrogen and oxygen atoms in total. The molecule has 0 spiro atoms. The van der Waals surface area contributed by atoms with Gasteiger partial charge in [0.2, 0.25) is 0 Å². The van der Waals surface area contributed by atoms with E-state index in [9.17, 15) is 4.79 Å². The van der Waals surface area contributed by atoms with Gasteiger partial charge in [0, 0.05) is 38.3 Å². The molecule has 0 aromatic heterocycles. The van der Waals surface area contributed by atoms with E-state index in [0.717, 1.165) is 57.1 Å². The minimum Gasteiger partial charge on any atom is -0.379 e. The Morgan fingerprint density at radius 2 is 1.89 bits per heavy atom. The van der Waals surface area contributed by atoms with E-state index in [1.165, 1.54) is 0 Å². The third-order valence-electron chi connectivity index (χ3n) is 3.69. The Hall–Kier alpha value is -1.39. The van der Waals surface area contributed by atoms with Crippen molar-refractivity contribution in [1.29, 1.82) is 0 Å². The van der Waals surface area contributed by atoms with Crippen molar-refractivity contribution >= 4 is 5.91 Å². The topological polar surface area (TPSA) is 32.8 Å². The van der Waals surface area contributed by atoms with Gasteiger partial charge in [-0.05, 0) is 11.6 Å². The largest absolute Gasteiger partial charge is 0.379 e. The van der Waals surface area contributed by atoms with Gasteiger partial charge >= 0.3 is 0 Å². The summed E-state index contributed by atoms with van der Waals surface area (Å²) in [6.07, 6.45) is 0. The molecule has 4 heteroatoms. The maximum Gasteiger partial charge on any atom is 0.254 e. The maximum absolute atomic E-state index is 12.2. The Kier molecular flexibility index (Phi) is 3.30. The standard InChI is InChI=1S/C14H18N2O2/c17-14-13-4-2-1-3-12(13)11-16(14)6-5-15-7-9-18-10-8-15/h1-4H,5-11H2. The number of carbonyl (C=O) groups is 1. The normalized spacial score (nSPS) is 20.2. The number of hydrogen-bond donors (Lipinski definition) is 0. The lowest BCUT2D eigenvalue weighted by molar-refractivity contribution is 0.0327. The van der Waals surface area contributed by atoms with Crippen molar-refractivity contribution in [2.24, 2.45) is 0 Å². The van der Waals surface area contributed by atoms with Crippen LogP contribution in [0.5, 0.6) is 0 Å². The van der Waals surface area contributed by atoms with Crippen LogP contribution in [-0.4, -0.2) is 55.1 Å². The van der Waals surface area contributed by atoms with E-state index < -0.39 is 0 Å². The number of amides is 1. The molecule has 2 heterocycles. The second-order valence-electron chi connectivity index (χ2n) is 4.84. The van der Waals surface area contributed by atoms with Crippen molar-refractivity contribution in [2.45, 2.75) is 6.54 Å². The zero-order chi connectivity index (χ0) is 12.4. The van der Waals surface area contributed by atoms with Crippen LogP contribution in [-0.2, 0) is 11.3 Å². The van der Waals surface area contributed by atoms with Crippen molar-refractivity contribution < 1.29 is 9.53 Å². The van der Waals surface area contributed by atoms with E-state index in [2.05, 4.69) is 4.90 Å². The van der Waals surface area contributed by atoms with Crippen LogP contribution in [0.2, 0.25) is 0 Å². The van der Waals surface area contributed by atoms with Gasteiger partial charge in [-0.1, -0.05) is 18.2 Å². The summed E-state index contributed by atoms with van der Waals surface area (Å²) in [5.74, 6) is 0.179. The molecular weight excluding hydrogens is 228 g/mol. The molecule has 3 rings (SSSR count). The lowest BCUT2D eigenvalue weighted by atomic mass is 10.1. The van der Waals surface area contributed by atoms with Crippen LogP contribution in [0.25, 0.3) is 0 Å². The second-order valence-corrected chi connectivity index (χ2v) is 4.84. The lowest BCUT2D eigenvalue weighted by Crippen LogP contribution is -2.41. The monoisotopic (exact) mass is 246 g/mol. The molecule has 96 valence electrons. The molecule has 18 heavy (non-hydrogen) atoms. The second kappa shape index (κ2) is 5.08. The summed E-state index contributed by atoms with van der Waals surface area (Å²) in [4.78, 5) is 16.5. The van der Waals surface area contributed by atoms with Crippen molar-refractivity contribution in [2.75, 3.05) is 39.4 Å². The molecule has 0 saturated carbocycles. The predicted molar refractivity (Wildman–Crippen MR) is 68.4 cm³/mol. The minimum atomic E-state index is 0.179. The number of rotatable bonds is 3. The molecule has 0 bridgehead atoms. The molecule has 0 radical (unpaired) electrons. The van der Waals surface area contributed by atoms with Gasteiger partial charge in [-0.25, -0.2) is 0 Å². The molecule has 1 saturated heterocycles. The first-order chi connectivity index (χ1) is 8.84. The van der Waals surface area contributed by atoms with E-state index in [4.69, 9.17) is 4.74 Å². The van der Waals surface area contributed by atoms with Crippen LogP contribution in [0.1, 0.15) is 15.9 Å². The molecule has 0 aliphatic carbocycles. The molecule has 1 aromatic carbocycles. The smallest absolute Gasteiger partial charge is 0.254 e. The summed E-state index contributed by atoms with van der Waals surface area (Å²) >= 11 is 0. The van der Waals surface area contributed by atoms with Crippen molar-refractivity contribution in [3.63, 3.8) is 0 Å². The summed E-state index contributed by atoms with van der Waals surface area (Å²) in [7, 11) is 0. The van der Waals surface area contributed by atoms with Gasteiger partial charge in [0.05, 0.1) is 13.2 Å². The SMILES string of the molecule is O=C1c2ccccc2CN1CCN1CCOCC1. The Bertz CT molecular complexity index is 441. The first-order valence-electron chi connectivity index (χ1n) is 6.52. The minimum absolute atomic E-state index is 0.179. The van der Waals surface area contributed by atoms with E-state index in [1.54, 1.807) is 0 Å². The lowest BCUT2D eigenvalue weighted by Gasteiger charge is -2.28. The highest BCUT2D eigenvalue weighted by Gasteiger charge is 2.26. The average molecular weight is 246 g/mol. The number of fused-ring (bicyclic) bond motifs is 1. The third-order valence-corrected chi connectivity index (χ3v) is 3.69. The molecule has 1 amide bonds. The van der Waals surface area contributed by atoms with Crippen molar-refractivity contribution in [1.82, 2.24) is 9.80 Å². The molecule has 0 atom stereocenters. The van der Waals surface area contributed by atoms with E-state index in [1.807, 2.05) is 29.2 Å². The summed E-state index contributed by atoms with van der Waals surface area (Å²) < 4.78 is 5.32. The first-order valence-corrected chi connectivity index (χ1v) is 6.52. The Morgan fingerprint density at radius 3 is 2.67 bits per heavy atom.